The Morgan fingerprint density at radius 2 is 1.76 bits per heavy atom. The average Bonchev–Trinajstić information content (AvgIpc) is 2.96. The molecule has 0 aliphatic carbocycles. The van der Waals surface area contributed by atoms with Crippen LogP contribution in [0.5, 0.6) is 11.5 Å². The van der Waals surface area contributed by atoms with E-state index in [0.717, 1.165) is 11.1 Å². The Hall–Kier alpha value is -2.76. The highest BCUT2D eigenvalue weighted by Crippen LogP contribution is 2.29. The smallest absolute Gasteiger partial charge is 0.410 e. The lowest BCUT2D eigenvalue weighted by molar-refractivity contribution is 0.156. The van der Waals surface area contributed by atoms with Crippen molar-refractivity contribution in [2.75, 3.05) is 20.8 Å². The number of rotatable bonds is 6. The third-order valence-electron chi connectivity index (χ3n) is 4.26. The molecule has 132 valence electrons. The van der Waals surface area contributed by atoms with E-state index in [0.29, 0.717) is 31.1 Å². The van der Waals surface area contributed by atoms with Gasteiger partial charge in [0.15, 0.2) is 11.5 Å². The first-order valence-electron chi connectivity index (χ1n) is 7.99. The predicted octanol–water partition coefficient (Wildman–Crippen LogP) is 3.41. The first-order chi connectivity index (χ1) is 12.1. The summed E-state index contributed by atoms with van der Waals surface area (Å²) in [5, 5.41) is 0. The zero-order valence-electron chi connectivity index (χ0n) is 14.2. The zero-order chi connectivity index (χ0) is 17.8. The summed E-state index contributed by atoms with van der Waals surface area (Å²) in [5.41, 5.74) is 1.88. The fraction of sp³-hybridized carbons (Fsp3) is 0.316. The van der Waals surface area contributed by atoms with Crippen molar-refractivity contribution in [2.24, 2.45) is 0 Å². The molecule has 1 aliphatic heterocycles. The number of carbonyl (C=O) groups excluding carboxylic acids is 1. The van der Waals surface area contributed by atoms with E-state index >= 15 is 0 Å². The van der Waals surface area contributed by atoms with Crippen LogP contribution in [0, 0.1) is 5.82 Å². The molecule has 0 aromatic heterocycles. The lowest BCUT2D eigenvalue weighted by atomic mass is 10.0. The van der Waals surface area contributed by atoms with E-state index in [2.05, 4.69) is 0 Å². The van der Waals surface area contributed by atoms with Crippen LogP contribution < -0.4 is 9.47 Å². The van der Waals surface area contributed by atoms with Crippen LogP contribution in [-0.2, 0) is 17.7 Å². The Morgan fingerprint density at radius 1 is 1.08 bits per heavy atom. The maximum absolute atomic E-state index is 13.0. The van der Waals surface area contributed by atoms with Gasteiger partial charge >= 0.3 is 6.09 Å². The molecule has 0 spiro atoms. The number of carbonyl (C=O) groups is 1. The van der Waals surface area contributed by atoms with Crippen LogP contribution in [0.2, 0.25) is 0 Å². The zero-order valence-corrected chi connectivity index (χ0v) is 14.2. The Bertz CT molecular complexity index is 748. The largest absolute Gasteiger partial charge is 0.493 e. The third kappa shape index (κ3) is 3.84. The number of cyclic esters (lactones) is 1. The van der Waals surface area contributed by atoms with E-state index < -0.39 is 0 Å². The van der Waals surface area contributed by atoms with Crippen LogP contribution in [0.15, 0.2) is 42.5 Å². The summed E-state index contributed by atoms with van der Waals surface area (Å²) in [6.45, 7) is 0.714. The summed E-state index contributed by atoms with van der Waals surface area (Å²) < 4.78 is 28.8. The maximum atomic E-state index is 13.0. The molecule has 3 rings (SSSR count). The number of ether oxygens (including phenoxy) is 3. The van der Waals surface area contributed by atoms with Crippen LogP contribution in [-0.4, -0.2) is 37.9 Å². The summed E-state index contributed by atoms with van der Waals surface area (Å²) >= 11 is 0. The van der Waals surface area contributed by atoms with Gasteiger partial charge in [-0.1, -0.05) is 18.2 Å². The summed E-state index contributed by atoms with van der Waals surface area (Å²) in [5.74, 6) is 1.01. The van der Waals surface area contributed by atoms with Crippen LogP contribution >= 0.6 is 0 Å². The molecule has 1 unspecified atom stereocenters. The lowest BCUT2D eigenvalue weighted by Crippen LogP contribution is -2.34. The fourth-order valence-corrected chi connectivity index (χ4v) is 2.92. The Kier molecular flexibility index (Phi) is 5.07. The van der Waals surface area contributed by atoms with E-state index in [1.165, 1.54) is 12.1 Å². The number of benzene rings is 2. The molecule has 1 heterocycles. The molecule has 1 aliphatic rings. The second kappa shape index (κ2) is 7.42. The Morgan fingerprint density at radius 3 is 2.44 bits per heavy atom. The van der Waals surface area contributed by atoms with Gasteiger partial charge in [0.2, 0.25) is 0 Å². The molecule has 0 N–H and O–H groups in total. The normalized spacial score (nSPS) is 16.7. The highest BCUT2D eigenvalue weighted by Gasteiger charge is 2.33. The van der Waals surface area contributed by atoms with Gasteiger partial charge in [-0.3, -0.25) is 4.90 Å². The van der Waals surface area contributed by atoms with Crippen LogP contribution in [0.1, 0.15) is 11.1 Å². The topological polar surface area (TPSA) is 48.0 Å². The first kappa shape index (κ1) is 17.1. The molecule has 0 radical (unpaired) electrons. The molecule has 1 atom stereocenters. The second-order valence-corrected chi connectivity index (χ2v) is 5.88. The monoisotopic (exact) mass is 345 g/mol. The van der Waals surface area contributed by atoms with Gasteiger partial charge < -0.3 is 14.2 Å². The fourth-order valence-electron chi connectivity index (χ4n) is 2.92. The summed E-state index contributed by atoms with van der Waals surface area (Å²) in [6, 6.07) is 11.7. The minimum Gasteiger partial charge on any atom is -0.493 e. The molecule has 2 aromatic rings. The molecule has 1 fully saturated rings. The lowest BCUT2D eigenvalue weighted by Gasteiger charge is -2.22. The van der Waals surface area contributed by atoms with Gasteiger partial charge in [0.25, 0.3) is 0 Å². The number of hydrogen-bond donors (Lipinski definition) is 0. The molecule has 2 aromatic carbocycles. The minimum atomic E-state index is -0.352. The summed E-state index contributed by atoms with van der Waals surface area (Å²) in [4.78, 5) is 13.7. The molecule has 0 saturated carbocycles. The van der Waals surface area contributed by atoms with Crippen LogP contribution in [0.3, 0.4) is 0 Å². The van der Waals surface area contributed by atoms with Crippen molar-refractivity contribution >= 4 is 6.09 Å². The molecule has 1 saturated heterocycles. The van der Waals surface area contributed by atoms with Gasteiger partial charge in [0, 0.05) is 6.54 Å². The predicted molar refractivity (Wildman–Crippen MR) is 90.3 cm³/mol. The first-order valence-corrected chi connectivity index (χ1v) is 7.99. The van der Waals surface area contributed by atoms with Crippen molar-refractivity contribution in [1.29, 1.82) is 0 Å². The van der Waals surface area contributed by atoms with E-state index in [1.807, 2.05) is 18.2 Å². The van der Waals surface area contributed by atoms with Crippen LogP contribution in [0.25, 0.3) is 0 Å². The number of halogens is 1. The van der Waals surface area contributed by atoms with E-state index in [4.69, 9.17) is 14.2 Å². The van der Waals surface area contributed by atoms with Gasteiger partial charge in [0.05, 0.1) is 20.3 Å². The molecule has 5 nitrogen and oxygen atoms in total. The Balaban J connectivity index is 1.74. The molecule has 25 heavy (non-hydrogen) atoms. The quantitative estimate of drug-likeness (QED) is 0.805. The van der Waals surface area contributed by atoms with Crippen molar-refractivity contribution in [2.45, 2.75) is 19.0 Å². The SMILES string of the molecule is COc1ccc(CC2COC(=O)N2Cc2ccc(F)cc2)cc1OC. The number of hydrogen-bond acceptors (Lipinski definition) is 4. The standard InChI is InChI=1S/C19H20FNO4/c1-23-17-8-5-14(10-18(17)24-2)9-16-12-25-19(22)21(16)11-13-3-6-15(20)7-4-13/h3-8,10,16H,9,11-12H2,1-2H3. The van der Waals surface area contributed by atoms with Crippen molar-refractivity contribution in [3.63, 3.8) is 0 Å². The number of amides is 1. The van der Waals surface area contributed by atoms with Gasteiger partial charge in [-0.15, -0.1) is 0 Å². The highest BCUT2D eigenvalue weighted by atomic mass is 19.1. The number of methoxy groups -OCH3 is 2. The Labute approximate surface area is 145 Å². The van der Waals surface area contributed by atoms with E-state index in [9.17, 15) is 9.18 Å². The summed E-state index contributed by atoms with van der Waals surface area (Å²) in [7, 11) is 3.18. The van der Waals surface area contributed by atoms with Crippen molar-refractivity contribution in [3.8, 4) is 11.5 Å². The molecular formula is C19H20FNO4. The summed E-state index contributed by atoms with van der Waals surface area (Å²) in [6.07, 6.45) is 0.280. The second-order valence-electron chi connectivity index (χ2n) is 5.88. The van der Waals surface area contributed by atoms with Crippen LogP contribution in [0.4, 0.5) is 9.18 Å². The van der Waals surface area contributed by atoms with Gasteiger partial charge in [-0.05, 0) is 41.8 Å². The third-order valence-corrected chi connectivity index (χ3v) is 4.26. The molecule has 0 bridgehead atoms. The average molecular weight is 345 g/mol. The molecular weight excluding hydrogens is 325 g/mol. The van der Waals surface area contributed by atoms with E-state index in [1.54, 1.807) is 31.3 Å². The number of nitrogens with zero attached hydrogens (tertiary/aromatic N) is 1. The van der Waals surface area contributed by atoms with Gasteiger partial charge in [0.1, 0.15) is 12.4 Å². The van der Waals surface area contributed by atoms with Gasteiger partial charge in [-0.2, -0.15) is 0 Å². The van der Waals surface area contributed by atoms with Crippen molar-refractivity contribution < 1.29 is 23.4 Å². The van der Waals surface area contributed by atoms with E-state index in [-0.39, 0.29) is 18.0 Å². The van der Waals surface area contributed by atoms with Gasteiger partial charge in [-0.25, -0.2) is 9.18 Å². The van der Waals surface area contributed by atoms with Crippen molar-refractivity contribution in [3.05, 3.63) is 59.4 Å². The molecule has 1 amide bonds. The minimum absolute atomic E-state index is 0.0874. The highest BCUT2D eigenvalue weighted by molar-refractivity contribution is 5.70. The van der Waals surface area contributed by atoms with Crippen molar-refractivity contribution in [1.82, 2.24) is 4.90 Å². The molecule has 6 heteroatoms. The maximum Gasteiger partial charge on any atom is 0.410 e.